The van der Waals surface area contributed by atoms with Gasteiger partial charge in [-0.1, -0.05) is 18.6 Å². The first-order chi connectivity index (χ1) is 14.2. The van der Waals surface area contributed by atoms with Crippen molar-refractivity contribution in [2.24, 2.45) is 0 Å². The van der Waals surface area contributed by atoms with Crippen molar-refractivity contribution in [1.29, 1.82) is 0 Å². The highest BCUT2D eigenvalue weighted by molar-refractivity contribution is 5.87. The number of esters is 1. The maximum Gasteiger partial charge on any atom is 0.331 e. The fourth-order valence-corrected chi connectivity index (χ4v) is 6.24. The van der Waals surface area contributed by atoms with Crippen LogP contribution in [0.5, 0.6) is 5.75 Å². The normalized spacial score (nSPS) is 35.1. The van der Waals surface area contributed by atoms with Gasteiger partial charge in [0.2, 0.25) is 0 Å². The summed E-state index contributed by atoms with van der Waals surface area (Å²) in [5.41, 5.74) is 0.880. The van der Waals surface area contributed by atoms with Gasteiger partial charge < -0.3 is 9.84 Å². The molecule has 2 bridgehead atoms. The molecule has 1 aromatic rings. The topological polar surface area (TPSA) is 53.0 Å². The average Bonchev–Trinajstić information content (AvgIpc) is 2.73. The van der Waals surface area contributed by atoms with Crippen LogP contribution in [-0.2, 0) is 9.53 Å². The lowest BCUT2D eigenvalue weighted by atomic mass is 9.76. The van der Waals surface area contributed by atoms with Crippen LogP contribution in [0.15, 0.2) is 30.3 Å². The van der Waals surface area contributed by atoms with Crippen molar-refractivity contribution >= 4 is 12.0 Å². The van der Waals surface area contributed by atoms with Gasteiger partial charge in [-0.15, -0.1) is 0 Å². The quantitative estimate of drug-likeness (QED) is 0.625. The van der Waals surface area contributed by atoms with Crippen LogP contribution in [0.25, 0.3) is 6.08 Å². The Balaban J connectivity index is 1.18. The van der Waals surface area contributed by atoms with Gasteiger partial charge in [0.05, 0.1) is 0 Å². The number of rotatable bonds is 3. The van der Waals surface area contributed by atoms with Crippen LogP contribution in [0.2, 0.25) is 0 Å². The standard InChI is InChI=1S/C24H32N2O3/c27-22-7-4-17(5-8-22)6-9-24(28)29-23-10-12-26-19-13-18-3-1-2-11-25(18)20(14-19)15-21(26)16-23/h4-9,18-21,23,27H,1-3,10-16H2/b9-6-/t18-,19+,20+,21-,23?/m1/s1. The minimum atomic E-state index is -0.261. The first kappa shape index (κ1) is 19.1. The fourth-order valence-electron chi connectivity index (χ4n) is 6.24. The third-order valence-electron chi connectivity index (χ3n) is 7.54. The molecule has 5 rings (SSSR count). The van der Waals surface area contributed by atoms with E-state index in [0.29, 0.717) is 6.04 Å². The Morgan fingerprint density at radius 3 is 2.38 bits per heavy atom. The van der Waals surface area contributed by atoms with Gasteiger partial charge in [-0.3, -0.25) is 9.80 Å². The van der Waals surface area contributed by atoms with E-state index in [0.717, 1.165) is 43.1 Å². The van der Waals surface area contributed by atoms with E-state index in [-0.39, 0.29) is 17.8 Å². The molecular formula is C24H32N2O3. The molecule has 5 heteroatoms. The number of phenolic OH excluding ortho intramolecular Hbond substituents is 1. The average molecular weight is 397 g/mol. The number of aromatic hydroxyl groups is 1. The van der Waals surface area contributed by atoms with E-state index in [1.165, 1.54) is 51.1 Å². The zero-order valence-electron chi connectivity index (χ0n) is 17.1. The number of hydrogen-bond donors (Lipinski definition) is 1. The Labute approximate surface area is 173 Å². The zero-order valence-corrected chi connectivity index (χ0v) is 17.1. The minimum absolute atomic E-state index is 0.0317. The molecule has 0 aliphatic carbocycles. The smallest absolute Gasteiger partial charge is 0.331 e. The molecule has 4 aliphatic rings. The molecule has 4 heterocycles. The Morgan fingerprint density at radius 1 is 0.897 bits per heavy atom. The molecule has 0 spiro atoms. The van der Waals surface area contributed by atoms with Crippen molar-refractivity contribution in [2.75, 3.05) is 13.1 Å². The largest absolute Gasteiger partial charge is 0.508 e. The van der Waals surface area contributed by atoms with E-state index in [4.69, 9.17) is 4.74 Å². The number of fused-ring (bicyclic) bond motifs is 6. The Morgan fingerprint density at radius 2 is 1.59 bits per heavy atom. The molecule has 0 aromatic heterocycles. The molecule has 5 atom stereocenters. The molecular weight excluding hydrogens is 364 g/mol. The number of benzene rings is 1. The maximum absolute atomic E-state index is 12.3. The number of phenols is 1. The summed E-state index contributed by atoms with van der Waals surface area (Å²) < 4.78 is 5.80. The highest BCUT2D eigenvalue weighted by atomic mass is 16.5. The Hall–Kier alpha value is -1.85. The first-order valence-corrected chi connectivity index (χ1v) is 11.3. The summed E-state index contributed by atoms with van der Waals surface area (Å²) in [4.78, 5) is 17.9. The van der Waals surface area contributed by atoms with E-state index in [1.54, 1.807) is 30.3 Å². The van der Waals surface area contributed by atoms with Crippen molar-refractivity contribution in [1.82, 2.24) is 9.80 Å². The molecule has 4 aliphatic heterocycles. The van der Waals surface area contributed by atoms with E-state index in [9.17, 15) is 9.90 Å². The molecule has 1 N–H and O–H groups in total. The lowest BCUT2D eigenvalue weighted by molar-refractivity contribution is -0.149. The van der Waals surface area contributed by atoms with E-state index < -0.39 is 0 Å². The maximum atomic E-state index is 12.3. The van der Waals surface area contributed by atoms with Crippen LogP contribution in [0.4, 0.5) is 0 Å². The van der Waals surface area contributed by atoms with E-state index >= 15 is 0 Å². The van der Waals surface area contributed by atoms with Crippen molar-refractivity contribution in [2.45, 2.75) is 81.6 Å². The molecule has 4 saturated heterocycles. The van der Waals surface area contributed by atoms with Crippen LogP contribution in [-0.4, -0.2) is 64.2 Å². The van der Waals surface area contributed by atoms with Gasteiger partial charge in [0.15, 0.2) is 0 Å². The van der Waals surface area contributed by atoms with Gasteiger partial charge in [0.1, 0.15) is 11.9 Å². The van der Waals surface area contributed by atoms with Crippen LogP contribution in [0.3, 0.4) is 0 Å². The predicted octanol–water partition coefficient (Wildman–Crippen LogP) is 3.57. The summed E-state index contributed by atoms with van der Waals surface area (Å²) in [5.74, 6) is -0.0340. The molecule has 0 radical (unpaired) electrons. The second-order valence-corrected chi connectivity index (χ2v) is 9.30. The van der Waals surface area contributed by atoms with Gasteiger partial charge in [-0.2, -0.15) is 0 Å². The third-order valence-corrected chi connectivity index (χ3v) is 7.54. The second-order valence-electron chi connectivity index (χ2n) is 9.30. The SMILES string of the molecule is O=C(/C=C\c1ccc(O)cc1)OC1CCN2[C@@H]3C[C@@H](C[C@@H]2C1)N1CCCC[C@@H]1C3. The van der Waals surface area contributed by atoms with Gasteiger partial charge in [0, 0.05) is 43.2 Å². The predicted molar refractivity (Wildman–Crippen MR) is 113 cm³/mol. The lowest BCUT2D eigenvalue weighted by Gasteiger charge is -2.58. The summed E-state index contributed by atoms with van der Waals surface area (Å²) >= 11 is 0. The van der Waals surface area contributed by atoms with Crippen LogP contribution in [0.1, 0.15) is 56.9 Å². The number of piperidine rings is 4. The zero-order chi connectivity index (χ0) is 19.8. The summed E-state index contributed by atoms with van der Waals surface area (Å²) in [5, 5.41) is 9.35. The summed E-state index contributed by atoms with van der Waals surface area (Å²) in [6.07, 6.45) is 13.3. The number of carbonyl (C=O) groups excluding carboxylic acids is 1. The first-order valence-electron chi connectivity index (χ1n) is 11.3. The lowest BCUT2D eigenvalue weighted by Crippen LogP contribution is -2.65. The molecule has 5 nitrogen and oxygen atoms in total. The Bertz CT molecular complexity index is 762. The van der Waals surface area contributed by atoms with Gasteiger partial charge in [-0.05, 0) is 68.8 Å². The van der Waals surface area contributed by atoms with Crippen LogP contribution < -0.4 is 0 Å². The summed E-state index contributed by atoms with van der Waals surface area (Å²) in [7, 11) is 0. The third kappa shape index (κ3) is 4.08. The number of nitrogens with zero attached hydrogens (tertiary/aromatic N) is 2. The van der Waals surface area contributed by atoms with Crippen molar-refractivity contribution in [3.8, 4) is 5.75 Å². The molecule has 29 heavy (non-hydrogen) atoms. The second kappa shape index (κ2) is 8.11. The molecule has 156 valence electrons. The minimum Gasteiger partial charge on any atom is -0.508 e. The van der Waals surface area contributed by atoms with Crippen molar-refractivity contribution in [3.05, 3.63) is 35.9 Å². The molecule has 0 amide bonds. The molecule has 1 aromatic carbocycles. The monoisotopic (exact) mass is 396 g/mol. The summed E-state index contributed by atoms with van der Waals surface area (Å²) in [6.45, 7) is 2.35. The fraction of sp³-hybridized carbons (Fsp3) is 0.625. The Kier molecular flexibility index (Phi) is 5.35. The number of hydrogen-bond acceptors (Lipinski definition) is 5. The van der Waals surface area contributed by atoms with E-state index in [2.05, 4.69) is 9.80 Å². The van der Waals surface area contributed by atoms with Crippen LogP contribution >= 0.6 is 0 Å². The van der Waals surface area contributed by atoms with Gasteiger partial charge >= 0.3 is 5.97 Å². The van der Waals surface area contributed by atoms with E-state index in [1.807, 2.05) is 0 Å². The van der Waals surface area contributed by atoms with Crippen molar-refractivity contribution < 1.29 is 14.6 Å². The number of carbonyl (C=O) groups is 1. The molecule has 0 saturated carbocycles. The van der Waals surface area contributed by atoms with Gasteiger partial charge in [0.25, 0.3) is 0 Å². The van der Waals surface area contributed by atoms with Crippen LogP contribution in [0, 0.1) is 0 Å². The van der Waals surface area contributed by atoms with Gasteiger partial charge in [-0.25, -0.2) is 4.79 Å². The molecule has 1 unspecified atom stereocenters. The van der Waals surface area contributed by atoms with Crippen molar-refractivity contribution in [3.63, 3.8) is 0 Å². The highest BCUT2D eigenvalue weighted by Gasteiger charge is 2.47. The molecule has 4 fully saturated rings. The summed E-state index contributed by atoms with van der Waals surface area (Å²) in [6, 6.07) is 9.66. The highest BCUT2D eigenvalue weighted by Crippen LogP contribution is 2.42. The number of ether oxygens (including phenoxy) is 1.